The second-order valence-electron chi connectivity index (χ2n) is 5.01. The Morgan fingerprint density at radius 2 is 2.11 bits per heavy atom. The number of fused-ring (bicyclic) bond motifs is 1. The van der Waals surface area contributed by atoms with Crippen LogP contribution in [0, 0.1) is 0 Å². The molecule has 1 heterocycles. The summed E-state index contributed by atoms with van der Waals surface area (Å²) in [6.45, 7) is 4.90. The van der Waals surface area contributed by atoms with E-state index < -0.39 is 0 Å². The zero-order valence-corrected chi connectivity index (χ0v) is 11.9. The minimum atomic E-state index is 0.290. The van der Waals surface area contributed by atoms with E-state index in [4.69, 9.17) is 4.74 Å². The van der Waals surface area contributed by atoms with Gasteiger partial charge in [0.05, 0.1) is 11.6 Å². The Balaban J connectivity index is 2.11. The second-order valence-corrected chi connectivity index (χ2v) is 5.01. The molecule has 0 saturated heterocycles. The van der Waals surface area contributed by atoms with Crippen molar-refractivity contribution in [2.45, 2.75) is 32.4 Å². The van der Waals surface area contributed by atoms with Gasteiger partial charge in [0.1, 0.15) is 0 Å². The molecule has 0 amide bonds. The highest BCUT2D eigenvalue weighted by Crippen LogP contribution is 2.21. The highest BCUT2D eigenvalue weighted by atomic mass is 16.5. The highest BCUT2D eigenvalue weighted by molar-refractivity contribution is 5.79. The van der Waals surface area contributed by atoms with Crippen molar-refractivity contribution in [3.8, 4) is 0 Å². The minimum Gasteiger partial charge on any atom is -0.379 e. The molecule has 0 fully saturated rings. The first kappa shape index (κ1) is 14.0. The molecule has 1 aromatic heterocycles. The summed E-state index contributed by atoms with van der Waals surface area (Å²) >= 11 is 0. The Morgan fingerprint density at radius 3 is 2.84 bits per heavy atom. The third-order valence-corrected chi connectivity index (χ3v) is 3.24. The lowest BCUT2D eigenvalue weighted by atomic mass is 10.0. The standard InChI is InChI=1S/C16H22N2O/c1-12(2)19-10-8-15(17-3)14-6-7-16-13(11-14)5-4-9-18-16/h4-7,9,11-12,15,17H,8,10H2,1-3H3. The normalized spacial score (nSPS) is 13.1. The molecule has 1 unspecified atom stereocenters. The molecule has 0 radical (unpaired) electrons. The lowest BCUT2D eigenvalue weighted by Gasteiger charge is -2.18. The number of nitrogens with zero attached hydrogens (tertiary/aromatic N) is 1. The number of pyridine rings is 1. The van der Waals surface area contributed by atoms with Gasteiger partial charge < -0.3 is 10.1 Å². The van der Waals surface area contributed by atoms with Crippen LogP contribution in [0.1, 0.15) is 31.9 Å². The van der Waals surface area contributed by atoms with Crippen LogP contribution in [0.25, 0.3) is 10.9 Å². The van der Waals surface area contributed by atoms with Crippen LogP contribution in [0.4, 0.5) is 0 Å². The van der Waals surface area contributed by atoms with Crippen molar-refractivity contribution in [2.75, 3.05) is 13.7 Å². The van der Waals surface area contributed by atoms with Crippen LogP contribution in [0.15, 0.2) is 36.5 Å². The Morgan fingerprint density at radius 1 is 1.26 bits per heavy atom. The Kier molecular flexibility index (Phi) is 4.88. The number of nitrogens with one attached hydrogen (secondary N) is 1. The molecule has 3 nitrogen and oxygen atoms in total. The molecule has 1 N–H and O–H groups in total. The maximum absolute atomic E-state index is 5.63. The molecule has 3 heteroatoms. The van der Waals surface area contributed by atoms with Crippen molar-refractivity contribution in [2.24, 2.45) is 0 Å². The quantitative estimate of drug-likeness (QED) is 0.863. The SMILES string of the molecule is CNC(CCOC(C)C)c1ccc2ncccc2c1. The van der Waals surface area contributed by atoms with Crippen molar-refractivity contribution < 1.29 is 4.74 Å². The molecule has 1 aromatic carbocycles. The van der Waals surface area contributed by atoms with Gasteiger partial charge in [-0.2, -0.15) is 0 Å². The summed E-state index contributed by atoms with van der Waals surface area (Å²) in [5.74, 6) is 0. The smallest absolute Gasteiger partial charge is 0.0702 e. The van der Waals surface area contributed by atoms with E-state index in [0.29, 0.717) is 12.1 Å². The second kappa shape index (κ2) is 6.64. The number of ether oxygens (including phenoxy) is 1. The van der Waals surface area contributed by atoms with E-state index in [0.717, 1.165) is 18.5 Å². The first-order chi connectivity index (χ1) is 9.20. The lowest BCUT2D eigenvalue weighted by Crippen LogP contribution is -2.19. The Hall–Kier alpha value is -1.45. The summed E-state index contributed by atoms with van der Waals surface area (Å²) in [4.78, 5) is 4.35. The van der Waals surface area contributed by atoms with Crippen molar-refractivity contribution in [3.63, 3.8) is 0 Å². The summed E-state index contributed by atoms with van der Waals surface area (Å²) < 4.78 is 5.63. The molecule has 19 heavy (non-hydrogen) atoms. The fourth-order valence-electron chi connectivity index (χ4n) is 2.21. The number of benzene rings is 1. The summed E-state index contributed by atoms with van der Waals surface area (Å²) in [7, 11) is 1.99. The molecule has 1 atom stereocenters. The molecule has 0 aliphatic rings. The minimum absolute atomic E-state index is 0.290. The summed E-state index contributed by atoms with van der Waals surface area (Å²) in [5.41, 5.74) is 2.33. The van der Waals surface area contributed by atoms with Gasteiger partial charge in [-0.1, -0.05) is 12.1 Å². The molecule has 0 aliphatic carbocycles. The van der Waals surface area contributed by atoms with E-state index >= 15 is 0 Å². The van der Waals surface area contributed by atoms with Gasteiger partial charge in [0.15, 0.2) is 0 Å². The van der Waals surface area contributed by atoms with Gasteiger partial charge >= 0.3 is 0 Å². The van der Waals surface area contributed by atoms with Crippen LogP contribution < -0.4 is 5.32 Å². The van der Waals surface area contributed by atoms with Crippen LogP contribution in [-0.4, -0.2) is 24.7 Å². The number of hydrogen-bond acceptors (Lipinski definition) is 3. The molecule has 102 valence electrons. The lowest BCUT2D eigenvalue weighted by molar-refractivity contribution is 0.0719. The number of hydrogen-bond donors (Lipinski definition) is 1. The van der Waals surface area contributed by atoms with Crippen molar-refractivity contribution >= 4 is 10.9 Å². The molecule has 0 bridgehead atoms. The largest absolute Gasteiger partial charge is 0.379 e. The third kappa shape index (κ3) is 3.75. The first-order valence-corrected chi connectivity index (χ1v) is 6.84. The van der Waals surface area contributed by atoms with Gasteiger partial charge in [0, 0.05) is 24.2 Å². The summed E-state index contributed by atoms with van der Waals surface area (Å²) in [6.07, 6.45) is 3.09. The Labute approximate surface area is 115 Å². The fourth-order valence-corrected chi connectivity index (χ4v) is 2.21. The molecule has 2 aromatic rings. The Bertz CT molecular complexity index is 525. The van der Waals surface area contributed by atoms with Gasteiger partial charge in [-0.25, -0.2) is 0 Å². The van der Waals surface area contributed by atoms with Crippen LogP contribution in [0.3, 0.4) is 0 Å². The van der Waals surface area contributed by atoms with Crippen LogP contribution in [-0.2, 0) is 4.74 Å². The third-order valence-electron chi connectivity index (χ3n) is 3.24. The monoisotopic (exact) mass is 258 g/mol. The molecular weight excluding hydrogens is 236 g/mol. The maximum atomic E-state index is 5.63. The van der Waals surface area contributed by atoms with Gasteiger partial charge in [0.2, 0.25) is 0 Å². The average Bonchev–Trinajstić information content (AvgIpc) is 2.43. The van der Waals surface area contributed by atoms with E-state index in [2.05, 4.69) is 48.4 Å². The van der Waals surface area contributed by atoms with Crippen molar-refractivity contribution in [3.05, 3.63) is 42.1 Å². The van der Waals surface area contributed by atoms with E-state index in [1.807, 2.05) is 19.3 Å². The molecule has 0 saturated carbocycles. The molecular formula is C16H22N2O. The zero-order valence-electron chi connectivity index (χ0n) is 11.9. The average molecular weight is 258 g/mol. The van der Waals surface area contributed by atoms with E-state index in [-0.39, 0.29) is 0 Å². The predicted octanol–water partition coefficient (Wildman–Crippen LogP) is 3.31. The maximum Gasteiger partial charge on any atom is 0.0702 e. The van der Waals surface area contributed by atoms with E-state index in [1.165, 1.54) is 10.9 Å². The topological polar surface area (TPSA) is 34.1 Å². The molecule has 0 spiro atoms. The van der Waals surface area contributed by atoms with Crippen LogP contribution >= 0.6 is 0 Å². The molecule has 2 rings (SSSR count). The van der Waals surface area contributed by atoms with E-state index in [1.54, 1.807) is 0 Å². The van der Waals surface area contributed by atoms with Crippen molar-refractivity contribution in [1.29, 1.82) is 0 Å². The predicted molar refractivity (Wildman–Crippen MR) is 79.2 cm³/mol. The van der Waals surface area contributed by atoms with Crippen molar-refractivity contribution in [1.82, 2.24) is 10.3 Å². The number of aromatic nitrogens is 1. The number of rotatable bonds is 6. The summed E-state index contributed by atoms with van der Waals surface area (Å²) in [6, 6.07) is 10.8. The van der Waals surface area contributed by atoms with Crippen LogP contribution in [0.5, 0.6) is 0 Å². The zero-order chi connectivity index (χ0) is 13.7. The van der Waals surface area contributed by atoms with E-state index in [9.17, 15) is 0 Å². The molecule has 0 aliphatic heterocycles. The fraction of sp³-hybridized carbons (Fsp3) is 0.438. The first-order valence-electron chi connectivity index (χ1n) is 6.84. The summed E-state index contributed by atoms with van der Waals surface area (Å²) in [5, 5.41) is 4.54. The van der Waals surface area contributed by atoms with Gasteiger partial charge in [-0.15, -0.1) is 0 Å². The highest BCUT2D eigenvalue weighted by Gasteiger charge is 2.10. The van der Waals surface area contributed by atoms with Gasteiger partial charge in [0.25, 0.3) is 0 Å². The van der Waals surface area contributed by atoms with Gasteiger partial charge in [-0.05, 0) is 51.1 Å². The van der Waals surface area contributed by atoms with Crippen LogP contribution in [0.2, 0.25) is 0 Å². The van der Waals surface area contributed by atoms with Gasteiger partial charge in [-0.3, -0.25) is 4.98 Å².